The predicted molar refractivity (Wildman–Crippen MR) is 116 cm³/mol. The molecule has 0 atom stereocenters. The van der Waals surface area contributed by atoms with Gasteiger partial charge in [-0.1, -0.05) is 29.3 Å². The Morgan fingerprint density at radius 2 is 1.76 bits per heavy atom. The summed E-state index contributed by atoms with van der Waals surface area (Å²) in [6.45, 7) is 4.10. The number of nitrogens with zero attached hydrogens (tertiary/aromatic N) is 4. The second-order valence-corrected chi connectivity index (χ2v) is 6.95. The first kappa shape index (κ1) is 18.9. The van der Waals surface area contributed by atoms with E-state index >= 15 is 0 Å². The fourth-order valence-corrected chi connectivity index (χ4v) is 3.22. The first-order valence-electron chi connectivity index (χ1n) is 8.97. The van der Waals surface area contributed by atoms with Gasteiger partial charge in [0.2, 0.25) is 5.95 Å². The number of hydrogen-bond acceptors (Lipinski definition) is 7. The molecule has 0 aliphatic heterocycles. The highest BCUT2D eigenvalue weighted by molar-refractivity contribution is 6.32. The molecule has 0 bridgehead atoms. The quantitative estimate of drug-likeness (QED) is 0.472. The molecule has 0 unspecified atom stereocenters. The molecule has 2 N–H and O–H groups in total. The van der Waals surface area contributed by atoms with Crippen LogP contribution in [0.3, 0.4) is 0 Å². The van der Waals surface area contributed by atoms with Gasteiger partial charge in [-0.25, -0.2) is 9.97 Å². The third-order valence-corrected chi connectivity index (χ3v) is 4.67. The number of hydrogen-bond donors (Lipinski definition) is 2. The Morgan fingerprint density at radius 3 is 2.52 bits per heavy atom. The Morgan fingerprint density at radius 1 is 0.931 bits per heavy atom. The highest BCUT2D eigenvalue weighted by Crippen LogP contribution is 2.30. The molecule has 2 aromatic carbocycles. The van der Waals surface area contributed by atoms with Crippen molar-refractivity contribution < 1.29 is 4.74 Å². The van der Waals surface area contributed by atoms with Gasteiger partial charge in [-0.15, -0.1) is 0 Å². The highest BCUT2D eigenvalue weighted by Gasteiger charge is 2.12. The van der Waals surface area contributed by atoms with E-state index in [0.29, 0.717) is 33.7 Å². The van der Waals surface area contributed by atoms with Crippen LogP contribution in [0.25, 0.3) is 11.2 Å². The maximum absolute atomic E-state index is 6.22. The molecule has 4 aromatic rings. The minimum Gasteiger partial charge on any atom is -0.495 e. The van der Waals surface area contributed by atoms with Gasteiger partial charge in [-0.2, -0.15) is 9.97 Å². The van der Waals surface area contributed by atoms with E-state index in [1.807, 2.05) is 25.1 Å². The molecule has 0 saturated heterocycles. The van der Waals surface area contributed by atoms with Gasteiger partial charge in [0, 0.05) is 23.8 Å². The lowest BCUT2D eigenvalue weighted by Gasteiger charge is -2.13. The molecular weight excluding hydrogens is 388 g/mol. The highest BCUT2D eigenvalue weighted by atomic mass is 35.5. The Labute approximate surface area is 173 Å². The van der Waals surface area contributed by atoms with Crippen molar-refractivity contribution in [3.63, 3.8) is 0 Å². The number of anilines is 4. The molecule has 2 aromatic heterocycles. The lowest BCUT2D eigenvalue weighted by molar-refractivity contribution is 0.415. The Hall–Kier alpha value is -3.45. The molecular formula is C21H19ClN6O. The molecule has 0 radical (unpaired) electrons. The van der Waals surface area contributed by atoms with Crippen molar-refractivity contribution in [3.8, 4) is 5.75 Å². The summed E-state index contributed by atoms with van der Waals surface area (Å²) in [5, 5.41) is 7.02. The average Bonchev–Trinajstić information content (AvgIpc) is 2.70. The molecule has 0 amide bonds. The molecule has 29 heavy (non-hydrogen) atoms. The number of benzene rings is 2. The fraction of sp³-hybridized carbons (Fsp3) is 0.143. The van der Waals surface area contributed by atoms with Gasteiger partial charge in [0.1, 0.15) is 5.75 Å². The second-order valence-electron chi connectivity index (χ2n) is 6.54. The minimum absolute atomic E-state index is 0.381. The molecule has 4 rings (SSSR count). The van der Waals surface area contributed by atoms with Crippen LogP contribution in [-0.2, 0) is 0 Å². The lowest BCUT2D eigenvalue weighted by atomic mass is 10.1. The predicted octanol–water partition coefficient (Wildman–Crippen LogP) is 5.19. The lowest BCUT2D eigenvalue weighted by Crippen LogP contribution is -2.05. The number of nitrogens with one attached hydrogen (secondary N) is 2. The Kier molecular flexibility index (Phi) is 5.14. The van der Waals surface area contributed by atoms with E-state index in [-0.39, 0.29) is 0 Å². The van der Waals surface area contributed by atoms with Gasteiger partial charge >= 0.3 is 0 Å². The number of fused-ring (bicyclic) bond motifs is 1. The molecule has 0 aliphatic rings. The van der Waals surface area contributed by atoms with Crippen molar-refractivity contribution in [2.24, 2.45) is 0 Å². The van der Waals surface area contributed by atoms with E-state index in [4.69, 9.17) is 16.3 Å². The van der Waals surface area contributed by atoms with Crippen LogP contribution in [0.15, 0.2) is 48.8 Å². The van der Waals surface area contributed by atoms with Crippen molar-refractivity contribution in [2.45, 2.75) is 13.8 Å². The number of rotatable bonds is 5. The van der Waals surface area contributed by atoms with Crippen molar-refractivity contribution in [3.05, 3.63) is 64.9 Å². The largest absolute Gasteiger partial charge is 0.495 e. The first-order valence-corrected chi connectivity index (χ1v) is 9.35. The van der Waals surface area contributed by atoms with Crippen molar-refractivity contribution in [1.82, 2.24) is 19.9 Å². The molecule has 0 aliphatic carbocycles. The van der Waals surface area contributed by atoms with Crippen LogP contribution in [0.4, 0.5) is 23.1 Å². The molecule has 2 heterocycles. The third kappa shape index (κ3) is 4.05. The van der Waals surface area contributed by atoms with Crippen molar-refractivity contribution in [1.29, 1.82) is 0 Å². The van der Waals surface area contributed by atoms with Crippen LogP contribution in [0, 0.1) is 13.8 Å². The zero-order chi connectivity index (χ0) is 20.4. The van der Waals surface area contributed by atoms with Crippen LogP contribution < -0.4 is 15.4 Å². The average molecular weight is 407 g/mol. The van der Waals surface area contributed by atoms with Crippen LogP contribution in [0.2, 0.25) is 5.02 Å². The maximum atomic E-state index is 6.22. The van der Waals surface area contributed by atoms with E-state index in [2.05, 4.69) is 43.6 Å². The number of ether oxygens (including phenoxy) is 1. The van der Waals surface area contributed by atoms with Gasteiger partial charge in [-0.05, 0) is 43.7 Å². The fourth-order valence-electron chi connectivity index (χ4n) is 2.96. The van der Waals surface area contributed by atoms with E-state index in [0.717, 1.165) is 16.9 Å². The Bertz CT molecular complexity index is 1200. The maximum Gasteiger partial charge on any atom is 0.231 e. The topological polar surface area (TPSA) is 84.9 Å². The summed E-state index contributed by atoms with van der Waals surface area (Å²) in [5.74, 6) is 1.54. The number of halogens is 1. The summed E-state index contributed by atoms with van der Waals surface area (Å²) < 4.78 is 5.19. The smallest absolute Gasteiger partial charge is 0.231 e. The van der Waals surface area contributed by atoms with Gasteiger partial charge in [0.25, 0.3) is 0 Å². The number of methoxy groups -OCH3 is 1. The Balaban J connectivity index is 1.73. The number of aromatic nitrogens is 4. The van der Waals surface area contributed by atoms with Crippen molar-refractivity contribution in [2.75, 3.05) is 17.7 Å². The van der Waals surface area contributed by atoms with E-state index in [1.54, 1.807) is 31.6 Å². The molecule has 0 fully saturated rings. The van der Waals surface area contributed by atoms with E-state index < -0.39 is 0 Å². The first-order chi connectivity index (χ1) is 14.0. The van der Waals surface area contributed by atoms with Gasteiger partial charge in [0.15, 0.2) is 17.0 Å². The summed E-state index contributed by atoms with van der Waals surface area (Å²) in [6.07, 6.45) is 3.22. The monoisotopic (exact) mass is 406 g/mol. The molecule has 146 valence electrons. The summed E-state index contributed by atoms with van der Waals surface area (Å²) in [4.78, 5) is 17.8. The van der Waals surface area contributed by atoms with E-state index in [9.17, 15) is 0 Å². The van der Waals surface area contributed by atoms with Gasteiger partial charge in [0.05, 0.1) is 12.1 Å². The standard InChI is InChI=1S/C21H19ClN6O/c1-12-4-6-16(13(2)10-12)26-20-18-19(24-9-8-23-18)27-21(28-20)25-14-5-7-17(29-3)15(22)11-14/h4-11H,1-3H3,(H2,24,25,26,27,28). The summed E-state index contributed by atoms with van der Waals surface area (Å²) >= 11 is 6.22. The minimum atomic E-state index is 0.381. The zero-order valence-corrected chi connectivity index (χ0v) is 16.9. The van der Waals surface area contributed by atoms with Gasteiger partial charge < -0.3 is 15.4 Å². The van der Waals surface area contributed by atoms with E-state index in [1.165, 1.54) is 5.56 Å². The number of aryl methyl sites for hydroxylation is 2. The van der Waals surface area contributed by atoms with Crippen LogP contribution in [-0.4, -0.2) is 27.0 Å². The van der Waals surface area contributed by atoms with Crippen molar-refractivity contribution >= 4 is 45.9 Å². The third-order valence-electron chi connectivity index (χ3n) is 4.38. The molecule has 0 spiro atoms. The normalized spacial score (nSPS) is 10.8. The molecule has 7 nitrogen and oxygen atoms in total. The van der Waals surface area contributed by atoms with Crippen LogP contribution in [0.5, 0.6) is 5.75 Å². The summed E-state index contributed by atoms with van der Waals surface area (Å²) in [5.41, 5.74) is 5.05. The second kappa shape index (κ2) is 7.89. The summed E-state index contributed by atoms with van der Waals surface area (Å²) in [6, 6.07) is 11.5. The van der Waals surface area contributed by atoms with Crippen LogP contribution >= 0.6 is 11.6 Å². The molecule has 0 saturated carbocycles. The SMILES string of the molecule is COc1ccc(Nc2nc(Nc3ccc(C)cc3C)c3nccnc3n2)cc1Cl. The van der Waals surface area contributed by atoms with Crippen LogP contribution in [0.1, 0.15) is 11.1 Å². The van der Waals surface area contributed by atoms with Gasteiger partial charge in [-0.3, -0.25) is 0 Å². The zero-order valence-electron chi connectivity index (χ0n) is 16.2. The molecule has 8 heteroatoms. The summed E-state index contributed by atoms with van der Waals surface area (Å²) in [7, 11) is 1.57.